The molecule has 0 fully saturated rings. The number of carboxylic acid groups (broad SMARTS) is 1. The monoisotopic (exact) mass is 100 g/mol. The summed E-state index contributed by atoms with van der Waals surface area (Å²) in [5.41, 5.74) is 0. The van der Waals surface area contributed by atoms with Crippen molar-refractivity contribution in [3.05, 3.63) is 6.92 Å². The summed E-state index contributed by atoms with van der Waals surface area (Å²) < 4.78 is 0. The summed E-state index contributed by atoms with van der Waals surface area (Å²) in [5.74, 6) is -1.08. The fraction of sp³-hybridized carbons (Fsp3) is 0. The molecule has 0 spiro atoms. The van der Waals surface area contributed by atoms with Gasteiger partial charge in [0.2, 0.25) is 0 Å². The maximum absolute atomic E-state index is 8.89. The van der Waals surface area contributed by atoms with Gasteiger partial charge in [0.25, 0.3) is 0 Å². The summed E-state index contributed by atoms with van der Waals surface area (Å²) >= 11 is 0. The number of rotatable bonds is 0. The van der Waals surface area contributed by atoms with Crippen LogP contribution in [0.4, 0.5) is 0 Å². The Kier molecular flexibility index (Phi) is 24.3. The third-order valence-electron chi connectivity index (χ3n) is 0. The van der Waals surface area contributed by atoms with E-state index in [4.69, 9.17) is 9.90 Å². The Hall–Kier alpha value is 0.430. The van der Waals surface area contributed by atoms with Crippen molar-refractivity contribution in [3.8, 4) is 0 Å². The second-order valence-corrected chi connectivity index (χ2v) is 0.394. The average molecular weight is 100 g/mol. The van der Waals surface area contributed by atoms with Gasteiger partial charge in [-0.2, -0.15) is 0 Å². The molecule has 4 heteroatoms. The normalized spacial score (nSPS) is 4.17. The molecular formula is C2H7NNaO2. The van der Waals surface area contributed by atoms with Crippen LogP contribution in [0.1, 0.15) is 0 Å². The zero-order chi connectivity index (χ0) is 3.58. The van der Waals surface area contributed by atoms with Gasteiger partial charge in [-0.05, 0) is 0 Å². The van der Waals surface area contributed by atoms with E-state index in [0.29, 0.717) is 0 Å². The summed E-state index contributed by atoms with van der Waals surface area (Å²) in [5, 5.41) is 7.31. The fourth-order valence-electron chi connectivity index (χ4n) is 0. The van der Waals surface area contributed by atoms with Gasteiger partial charge in [-0.15, -0.1) is 0 Å². The van der Waals surface area contributed by atoms with Crippen molar-refractivity contribution in [1.29, 1.82) is 0 Å². The first-order valence-corrected chi connectivity index (χ1v) is 0.781. The second kappa shape index (κ2) is 9.06. The van der Waals surface area contributed by atoms with Crippen LogP contribution in [-0.4, -0.2) is 40.6 Å². The molecule has 0 aromatic carbocycles. The molecule has 4 N–H and O–H groups in total. The van der Waals surface area contributed by atoms with Crippen molar-refractivity contribution < 1.29 is 9.90 Å². The van der Waals surface area contributed by atoms with Gasteiger partial charge in [-0.1, -0.05) is 0 Å². The Labute approximate surface area is 58.6 Å². The minimum atomic E-state index is -1.08. The molecule has 0 aromatic heterocycles. The molecule has 0 bridgehead atoms. The summed E-state index contributed by atoms with van der Waals surface area (Å²) in [6.07, 6.45) is 0. The van der Waals surface area contributed by atoms with Gasteiger partial charge in [0, 0.05) is 0 Å². The van der Waals surface area contributed by atoms with Gasteiger partial charge in [0.05, 0.1) is 6.92 Å². The Morgan fingerprint density at radius 3 is 1.67 bits per heavy atom. The molecule has 0 aliphatic heterocycles. The molecule has 0 saturated heterocycles. The van der Waals surface area contributed by atoms with Gasteiger partial charge in [-0.25, -0.2) is 0 Å². The first-order chi connectivity index (χ1) is 1.73. The van der Waals surface area contributed by atoms with Crippen LogP contribution in [0, 0.1) is 6.92 Å². The molecule has 0 heterocycles. The summed E-state index contributed by atoms with van der Waals surface area (Å²) in [6.45, 7) is 2.56. The maximum atomic E-state index is 8.89. The van der Waals surface area contributed by atoms with E-state index in [1.54, 1.807) is 0 Å². The van der Waals surface area contributed by atoms with Crippen molar-refractivity contribution in [3.63, 3.8) is 0 Å². The van der Waals surface area contributed by atoms with Crippen molar-refractivity contribution in [2.45, 2.75) is 0 Å². The Bertz CT molecular complexity index is 34.5. The summed E-state index contributed by atoms with van der Waals surface area (Å²) in [6, 6.07) is 0. The SMILES string of the molecule is N.[CH2]C(=O)O.[NaH]. The first kappa shape index (κ1) is 16.1. The quantitative estimate of drug-likeness (QED) is 0.400. The van der Waals surface area contributed by atoms with Gasteiger partial charge in [0.1, 0.15) is 0 Å². The molecule has 33 valence electrons. The predicted octanol–water partition coefficient (Wildman–Crippen LogP) is -0.581. The number of hydrogen-bond acceptors (Lipinski definition) is 2. The zero-order valence-corrected chi connectivity index (χ0v) is 2.77. The van der Waals surface area contributed by atoms with E-state index in [1.165, 1.54) is 0 Å². The Morgan fingerprint density at radius 1 is 1.67 bits per heavy atom. The third-order valence-corrected chi connectivity index (χ3v) is 0. The van der Waals surface area contributed by atoms with Crippen LogP contribution in [-0.2, 0) is 4.79 Å². The van der Waals surface area contributed by atoms with Crippen LogP contribution in [0.3, 0.4) is 0 Å². The van der Waals surface area contributed by atoms with Crippen LogP contribution in [0.15, 0.2) is 0 Å². The Balaban J connectivity index is -0.0000000450. The van der Waals surface area contributed by atoms with Crippen LogP contribution in [0.2, 0.25) is 0 Å². The number of carbonyl (C=O) groups is 1. The molecule has 0 atom stereocenters. The predicted molar refractivity (Wildman–Crippen MR) is 25.2 cm³/mol. The molecule has 1 radical (unpaired) electrons. The van der Waals surface area contributed by atoms with E-state index in [-0.39, 0.29) is 35.7 Å². The Morgan fingerprint density at radius 2 is 1.67 bits per heavy atom. The van der Waals surface area contributed by atoms with Crippen LogP contribution >= 0.6 is 0 Å². The summed E-state index contributed by atoms with van der Waals surface area (Å²) in [4.78, 5) is 8.89. The number of aliphatic carboxylic acids is 1. The molecule has 0 amide bonds. The molecule has 0 unspecified atom stereocenters. The molecule has 3 nitrogen and oxygen atoms in total. The topological polar surface area (TPSA) is 72.3 Å². The van der Waals surface area contributed by atoms with Crippen LogP contribution < -0.4 is 6.15 Å². The van der Waals surface area contributed by atoms with Crippen molar-refractivity contribution in [2.75, 3.05) is 0 Å². The molecule has 0 rings (SSSR count). The molecule has 0 aliphatic carbocycles. The number of carboxylic acids is 1. The van der Waals surface area contributed by atoms with Gasteiger partial charge in [-0.3, -0.25) is 4.79 Å². The minimum absolute atomic E-state index is 0. The van der Waals surface area contributed by atoms with Gasteiger partial charge in [0.15, 0.2) is 0 Å². The second-order valence-electron chi connectivity index (χ2n) is 0.394. The zero-order valence-electron chi connectivity index (χ0n) is 2.77. The van der Waals surface area contributed by atoms with E-state index >= 15 is 0 Å². The molecule has 0 aliphatic rings. The van der Waals surface area contributed by atoms with Crippen molar-refractivity contribution in [2.24, 2.45) is 0 Å². The number of hydrogen-bond donors (Lipinski definition) is 2. The summed E-state index contributed by atoms with van der Waals surface area (Å²) in [7, 11) is 0. The van der Waals surface area contributed by atoms with Gasteiger partial charge >= 0.3 is 35.5 Å². The fourth-order valence-corrected chi connectivity index (χ4v) is 0. The van der Waals surface area contributed by atoms with Gasteiger partial charge < -0.3 is 11.3 Å². The third kappa shape index (κ3) is 282. The molecule has 0 saturated carbocycles. The van der Waals surface area contributed by atoms with Crippen molar-refractivity contribution >= 4 is 35.5 Å². The van der Waals surface area contributed by atoms with E-state index in [9.17, 15) is 0 Å². The molecule has 0 aromatic rings. The first-order valence-electron chi connectivity index (χ1n) is 0.781. The van der Waals surface area contributed by atoms with Crippen molar-refractivity contribution in [1.82, 2.24) is 6.15 Å². The average Bonchev–Trinajstić information content (AvgIpc) is 0.811. The molecular weight excluding hydrogens is 93.0 g/mol. The van der Waals surface area contributed by atoms with Crippen LogP contribution in [0.5, 0.6) is 0 Å². The molecule has 6 heavy (non-hydrogen) atoms. The standard InChI is InChI=1S/C2H3O2.H3N.Na.H/c1-2(3)4;;;/h1H2,(H,3,4);1H3;;. The van der Waals surface area contributed by atoms with Crippen LogP contribution in [0.25, 0.3) is 0 Å². The van der Waals surface area contributed by atoms with E-state index < -0.39 is 5.97 Å². The van der Waals surface area contributed by atoms with E-state index in [2.05, 4.69) is 6.92 Å². The van der Waals surface area contributed by atoms with E-state index in [0.717, 1.165) is 0 Å². The van der Waals surface area contributed by atoms with E-state index in [1.807, 2.05) is 0 Å².